The van der Waals surface area contributed by atoms with Gasteiger partial charge in [0.2, 0.25) is 11.8 Å². The molecule has 1 heterocycles. The molecule has 3 aromatic rings. The van der Waals surface area contributed by atoms with Crippen LogP contribution in [-0.2, 0) is 9.59 Å². The van der Waals surface area contributed by atoms with Gasteiger partial charge in [0.25, 0.3) is 5.56 Å². The van der Waals surface area contributed by atoms with Crippen molar-refractivity contribution in [2.45, 2.75) is 44.0 Å². The summed E-state index contributed by atoms with van der Waals surface area (Å²) in [5, 5.41) is 13.6. The predicted molar refractivity (Wildman–Crippen MR) is 133 cm³/mol. The van der Waals surface area contributed by atoms with Gasteiger partial charge in [-0.3, -0.25) is 19.4 Å². The standard InChI is InChI=1S/C24H27N5O4S/c1-5-19(22(31)25-15-8-7-9-16(13-15)33-4)34-24-27-23(32)21(28-29-24)17-12-14(3)10-11-18(17)26-20(30)6-2/h7-13,19H,5-6H2,1-4H3,(H,25,31)(H,26,30)(H,27,29,32)/t19-/m0/s1. The van der Waals surface area contributed by atoms with Gasteiger partial charge in [-0.2, -0.15) is 0 Å². The number of carbonyl (C=O) groups is 2. The second kappa shape index (κ2) is 11.5. The van der Waals surface area contributed by atoms with Crippen LogP contribution in [0.3, 0.4) is 0 Å². The van der Waals surface area contributed by atoms with E-state index >= 15 is 0 Å². The molecule has 0 unspecified atom stereocenters. The Morgan fingerprint density at radius 3 is 2.59 bits per heavy atom. The highest BCUT2D eigenvalue weighted by Gasteiger charge is 2.21. The van der Waals surface area contributed by atoms with E-state index in [4.69, 9.17) is 4.74 Å². The van der Waals surface area contributed by atoms with Crippen LogP contribution in [0.15, 0.2) is 52.4 Å². The van der Waals surface area contributed by atoms with Crippen molar-refractivity contribution in [2.24, 2.45) is 0 Å². The Hall–Kier alpha value is -3.66. The number of aromatic nitrogens is 3. The summed E-state index contributed by atoms with van der Waals surface area (Å²) in [5.74, 6) is 0.236. The SMILES string of the molecule is CCC(=O)Nc1ccc(C)cc1-c1nnc(S[C@@H](CC)C(=O)Nc2cccc(OC)c2)[nH]c1=O. The fourth-order valence-corrected chi connectivity index (χ4v) is 3.98. The van der Waals surface area contributed by atoms with Gasteiger partial charge in [0.1, 0.15) is 5.75 Å². The van der Waals surface area contributed by atoms with Crippen molar-refractivity contribution < 1.29 is 14.3 Å². The second-order valence-corrected chi connectivity index (χ2v) is 8.69. The molecule has 9 nitrogen and oxygen atoms in total. The van der Waals surface area contributed by atoms with Gasteiger partial charge in [-0.15, -0.1) is 10.2 Å². The van der Waals surface area contributed by atoms with E-state index in [1.165, 1.54) is 0 Å². The molecule has 0 fully saturated rings. The normalized spacial score (nSPS) is 11.5. The van der Waals surface area contributed by atoms with Gasteiger partial charge in [0, 0.05) is 23.7 Å². The molecule has 0 aliphatic heterocycles. The first-order chi connectivity index (χ1) is 16.3. The predicted octanol–water partition coefficient (Wildman–Crippen LogP) is 4.01. The van der Waals surface area contributed by atoms with Crippen LogP contribution >= 0.6 is 11.8 Å². The van der Waals surface area contributed by atoms with Crippen LogP contribution < -0.4 is 20.9 Å². The minimum atomic E-state index is -0.500. The summed E-state index contributed by atoms with van der Waals surface area (Å²) >= 11 is 1.12. The van der Waals surface area contributed by atoms with Gasteiger partial charge in [-0.25, -0.2) is 0 Å². The van der Waals surface area contributed by atoms with E-state index in [0.717, 1.165) is 17.3 Å². The van der Waals surface area contributed by atoms with Crippen molar-refractivity contribution in [3.05, 3.63) is 58.4 Å². The zero-order valence-corrected chi connectivity index (χ0v) is 20.3. The summed E-state index contributed by atoms with van der Waals surface area (Å²) in [4.78, 5) is 40.2. The molecular weight excluding hydrogens is 454 g/mol. The van der Waals surface area contributed by atoms with Gasteiger partial charge in [0.15, 0.2) is 10.9 Å². The van der Waals surface area contributed by atoms with Crippen LogP contribution in [0.1, 0.15) is 32.3 Å². The Morgan fingerprint density at radius 2 is 1.91 bits per heavy atom. The van der Waals surface area contributed by atoms with Crippen molar-refractivity contribution in [2.75, 3.05) is 17.7 Å². The lowest BCUT2D eigenvalue weighted by Crippen LogP contribution is -2.25. The minimum Gasteiger partial charge on any atom is -0.497 e. The Morgan fingerprint density at radius 1 is 1.12 bits per heavy atom. The number of methoxy groups -OCH3 is 1. The fourth-order valence-electron chi connectivity index (χ4n) is 3.13. The molecule has 0 saturated heterocycles. The lowest BCUT2D eigenvalue weighted by Gasteiger charge is -2.15. The van der Waals surface area contributed by atoms with E-state index in [1.807, 2.05) is 19.9 Å². The number of hydrogen-bond donors (Lipinski definition) is 3. The van der Waals surface area contributed by atoms with Crippen LogP contribution in [0.2, 0.25) is 0 Å². The molecule has 2 amide bonds. The zero-order chi connectivity index (χ0) is 24.7. The number of nitrogens with one attached hydrogen (secondary N) is 3. The number of amides is 2. The number of H-pyrrole nitrogens is 1. The van der Waals surface area contributed by atoms with Crippen molar-refractivity contribution in [1.82, 2.24) is 15.2 Å². The monoisotopic (exact) mass is 481 g/mol. The smallest absolute Gasteiger partial charge is 0.278 e. The molecule has 0 aliphatic rings. The number of aromatic amines is 1. The number of aryl methyl sites for hydroxylation is 1. The zero-order valence-electron chi connectivity index (χ0n) is 19.5. The van der Waals surface area contributed by atoms with E-state index in [-0.39, 0.29) is 22.7 Å². The maximum Gasteiger partial charge on any atom is 0.278 e. The third kappa shape index (κ3) is 6.22. The number of ether oxygens (including phenoxy) is 1. The summed E-state index contributed by atoms with van der Waals surface area (Å²) in [5.41, 5.74) is 2.12. The van der Waals surface area contributed by atoms with Crippen molar-refractivity contribution >= 4 is 35.0 Å². The molecule has 0 bridgehead atoms. The molecule has 178 valence electrons. The van der Waals surface area contributed by atoms with E-state index in [9.17, 15) is 14.4 Å². The van der Waals surface area contributed by atoms with Gasteiger partial charge < -0.3 is 15.4 Å². The van der Waals surface area contributed by atoms with E-state index in [1.54, 1.807) is 50.4 Å². The Balaban J connectivity index is 1.80. The molecule has 0 radical (unpaired) electrons. The quantitative estimate of drug-likeness (QED) is 0.394. The summed E-state index contributed by atoms with van der Waals surface area (Å²) in [6.45, 7) is 5.50. The fraction of sp³-hybridized carbons (Fsp3) is 0.292. The van der Waals surface area contributed by atoms with Crippen LogP contribution in [0, 0.1) is 6.92 Å². The van der Waals surface area contributed by atoms with Crippen LogP contribution in [0.5, 0.6) is 5.75 Å². The van der Waals surface area contributed by atoms with Crippen molar-refractivity contribution in [1.29, 1.82) is 0 Å². The molecule has 0 spiro atoms. The van der Waals surface area contributed by atoms with Crippen LogP contribution in [0.25, 0.3) is 11.3 Å². The molecule has 1 aromatic heterocycles. The molecule has 1 atom stereocenters. The molecular formula is C24H27N5O4S. The van der Waals surface area contributed by atoms with Crippen molar-refractivity contribution in [3.8, 4) is 17.0 Å². The number of nitrogens with zero attached hydrogens (tertiary/aromatic N) is 2. The highest BCUT2D eigenvalue weighted by molar-refractivity contribution is 8.00. The number of hydrogen-bond acceptors (Lipinski definition) is 7. The lowest BCUT2D eigenvalue weighted by molar-refractivity contribution is -0.116. The molecule has 0 aliphatic carbocycles. The van der Waals surface area contributed by atoms with Crippen LogP contribution in [0.4, 0.5) is 11.4 Å². The highest BCUT2D eigenvalue weighted by atomic mass is 32.2. The Bertz CT molecular complexity index is 1240. The maximum absolute atomic E-state index is 12.9. The summed E-state index contributed by atoms with van der Waals surface area (Å²) in [7, 11) is 1.56. The van der Waals surface area contributed by atoms with E-state index in [2.05, 4.69) is 25.8 Å². The summed E-state index contributed by atoms with van der Waals surface area (Å²) < 4.78 is 5.19. The summed E-state index contributed by atoms with van der Waals surface area (Å²) in [6.07, 6.45) is 0.818. The number of anilines is 2. The first kappa shape index (κ1) is 25.0. The third-order valence-corrected chi connectivity index (χ3v) is 6.20. The topological polar surface area (TPSA) is 126 Å². The molecule has 3 rings (SSSR count). The lowest BCUT2D eigenvalue weighted by atomic mass is 10.1. The molecule has 3 N–H and O–H groups in total. The molecule has 10 heteroatoms. The first-order valence-electron chi connectivity index (χ1n) is 10.8. The molecule has 34 heavy (non-hydrogen) atoms. The van der Waals surface area contributed by atoms with E-state index in [0.29, 0.717) is 35.5 Å². The summed E-state index contributed by atoms with van der Waals surface area (Å²) in [6, 6.07) is 12.4. The Labute approximate surface area is 201 Å². The third-order valence-electron chi connectivity index (χ3n) is 4.96. The maximum atomic E-state index is 12.9. The molecule has 0 saturated carbocycles. The number of benzene rings is 2. The van der Waals surface area contributed by atoms with Gasteiger partial charge in [0.05, 0.1) is 18.0 Å². The average molecular weight is 482 g/mol. The Kier molecular flexibility index (Phi) is 8.42. The van der Waals surface area contributed by atoms with Gasteiger partial charge in [-0.05, 0) is 37.6 Å². The number of carbonyl (C=O) groups excluding carboxylic acids is 2. The van der Waals surface area contributed by atoms with Crippen LogP contribution in [-0.4, -0.2) is 39.4 Å². The average Bonchev–Trinajstić information content (AvgIpc) is 2.83. The van der Waals surface area contributed by atoms with E-state index < -0.39 is 10.8 Å². The largest absolute Gasteiger partial charge is 0.497 e. The van der Waals surface area contributed by atoms with Gasteiger partial charge >= 0.3 is 0 Å². The second-order valence-electron chi connectivity index (χ2n) is 7.49. The van der Waals surface area contributed by atoms with Gasteiger partial charge in [-0.1, -0.05) is 43.3 Å². The number of thioether (sulfide) groups is 1. The molecule has 2 aromatic carbocycles. The first-order valence-corrected chi connectivity index (χ1v) is 11.7. The number of rotatable bonds is 9. The van der Waals surface area contributed by atoms with Crippen molar-refractivity contribution in [3.63, 3.8) is 0 Å². The highest BCUT2D eigenvalue weighted by Crippen LogP contribution is 2.27. The minimum absolute atomic E-state index is 0.0910.